The predicted octanol–water partition coefficient (Wildman–Crippen LogP) is -2.51. The van der Waals surface area contributed by atoms with Crippen LogP contribution in [0.1, 0.15) is 26.7 Å². The highest BCUT2D eigenvalue weighted by molar-refractivity contribution is 5.84. The molecule has 20 heavy (non-hydrogen) atoms. The summed E-state index contributed by atoms with van der Waals surface area (Å²) in [5, 5.41) is 12.8. The van der Waals surface area contributed by atoms with E-state index in [1.54, 1.807) is 0 Å². The molecule has 0 aliphatic carbocycles. The van der Waals surface area contributed by atoms with Crippen molar-refractivity contribution in [1.82, 2.24) is 10.2 Å². The van der Waals surface area contributed by atoms with Crippen LogP contribution in [0.15, 0.2) is 0 Å². The monoisotopic (exact) mass is 285 g/mol. The smallest absolute Gasteiger partial charge is 0.231 e. The van der Waals surface area contributed by atoms with Gasteiger partial charge < -0.3 is 25.0 Å². The highest BCUT2D eigenvalue weighted by Crippen LogP contribution is 2.13. The van der Waals surface area contributed by atoms with Gasteiger partial charge in [-0.15, -0.1) is 0 Å². The van der Waals surface area contributed by atoms with E-state index in [1.807, 2.05) is 13.8 Å². The van der Waals surface area contributed by atoms with Crippen LogP contribution in [0.5, 0.6) is 0 Å². The number of quaternary nitrogens is 1. The van der Waals surface area contributed by atoms with Crippen molar-refractivity contribution in [3.63, 3.8) is 0 Å². The molecule has 116 valence electrons. The summed E-state index contributed by atoms with van der Waals surface area (Å²) in [5.74, 6) is -1.49. The number of carboxylic acids is 1. The van der Waals surface area contributed by atoms with Crippen LogP contribution in [0, 0.1) is 5.41 Å². The quantitative estimate of drug-likeness (QED) is 0.565. The number of aliphatic carboxylic acids is 1. The maximum absolute atomic E-state index is 12.0. The lowest BCUT2D eigenvalue weighted by Gasteiger charge is -2.36. The van der Waals surface area contributed by atoms with Crippen molar-refractivity contribution in [2.75, 3.05) is 40.3 Å². The van der Waals surface area contributed by atoms with Crippen LogP contribution in [0.4, 0.5) is 0 Å². The molecule has 0 bridgehead atoms. The summed E-state index contributed by atoms with van der Waals surface area (Å²) in [4.78, 5) is 26.1. The number of carbonyl (C=O) groups excluding carboxylic acids is 2. The number of nitrogens with one attached hydrogen (secondary N) is 2. The molecule has 1 fully saturated rings. The molecule has 0 aromatic heterocycles. The number of rotatable bonds is 6. The van der Waals surface area contributed by atoms with Gasteiger partial charge >= 0.3 is 0 Å². The van der Waals surface area contributed by atoms with Crippen LogP contribution in [0.2, 0.25) is 0 Å². The molecule has 1 amide bonds. The Kier molecular flexibility index (Phi) is 5.95. The Hall–Kier alpha value is -1.14. The fourth-order valence-corrected chi connectivity index (χ4v) is 2.81. The number of hydrogen-bond donors (Lipinski definition) is 2. The zero-order valence-corrected chi connectivity index (χ0v) is 13.0. The second-order valence-corrected chi connectivity index (χ2v) is 6.54. The lowest BCUT2D eigenvalue weighted by Crippen LogP contribution is -3.14. The molecule has 0 aromatic rings. The van der Waals surface area contributed by atoms with Gasteiger partial charge in [-0.3, -0.25) is 4.79 Å². The molecule has 0 radical (unpaired) electrons. The van der Waals surface area contributed by atoms with Gasteiger partial charge in [-0.2, -0.15) is 0 Å². The van der Waals surface area contributed by atoms with Crippen molar-refractivity contribution >= 4 is 11.9 Å². The Morgan fingerprint density at radius 1 is 1.35 bits per heavy atom. The van der Waals surface area contributed by atoms with Gasteiger partial charge in [0.1, 0.15) is 0 Å². The van der Waals surface area contributed by atoms with Gasteiger partial charge in [0.05, 0.1) is 37.6 Å². The zero-order valence-electron chi connectivity index (χ0n) is 13.0. The summed E-state index contributed by atoms with van der Waals surface area (Å²) in [5.41, 5.74) is -0.580. The van der Waals surface area contributed by atoms with Gasteiger partial charge in [0.15, 0.2) is 0 Å². The van der Waals surface area contributed by atoms with Crippen LogP contribution in [-0.4, -0.2) is 63.1 Å². The van der Waals surface area contributed by atoms with E-state index >= 15 is 0 Å². The molecular formula is C14H27N3O3. The first-order chi connectivity index (χ1) is 9.22. The summed E-state index contributed by atoms with van der Waals surface area (Å²) in [6.45, 7) is 6.18. The van der Waals surface area contributed by atoms with Gasteiger partial charge in [0.2, 0.25) is 5.91 Å². The summed E-state index contributed by atoms with van der Waals surface area (Å²) in [6, 6.07) is 0.569. The summed E-state index contributed by atoms with van der Waals surface area (Å²) in [7, 11) is 4.24. The van der Waals surface area contributed by atoms with Crippen molar-refractivity contribution in [3.05, 3.63) is 0 Å². The van der Waals surface area contributed by atoms with E-state index in [1.165, 1.54) is 4.90 Å². The first-order valence-corrected chi connectivity index (χ1v) is 7.21. The number of hydrogen-bond acceptors (Lipinski definition) is 4. The fourth-order valence-electron chi connectivity index (χ4n) is 2.81. The molecule has 1 aliphatic rings. The Bertz CT molecular complexity index is 350. The van der Waals surface area contributed by atoms with E-state index in [0.717, 1.165) is 25.9 Å². The third kappa shape index (κ3) is 5.09. The number of nitrogens with zero attached hydrogens (tertiary/aromatic N) is 1. The van der Waals surface area contributed by atoms with Crippen molar-refractivity contribution in [1.29, 1.82) is 0 Å². The van der Waals surface area contributed by atoms with E-state index in [4.69, 9.17) is 0 Å². The second kappa shape index (κ2) is 7.04. The number of carbonyl (C=O) groups is 2. The minimum absolute atomic E-state index is 0.228. The van der Waals surface area contributed by atoms with Crippen molar-refractivity contribution in [3.8, 4) is 0 Å². The molecule has 1 saturated heterocycles. The summed E-state index contributed by atoms with van der Waals surface area (Å²) < 4.78 is 0. The van der Waals surface area contributed by atoms with Crippen molar-refractivity contribution < 1.29 is 19.6 Å². The van der Waals surface area contributed by atoms with Gasteiger partial charge in [-0.25, -0.2) is 0 Å². The lowest BCUT2D eigenvalue weighted by molar-refractivity contribution is -0.912. The number of likely N-dealkylation sites (tertiary alicyclic amines) is 1. The highest BCUT2D eigenvalue weighted by Gasteiger charge is 2.34. The number of carboxylic acid groups (broad SMARTS) is 1. The molecular weight excluding hydrogens is 258 g/mol. The third-order valence-corrected chi connectivity index (χ3v) is 4.14. The summed E-state index contributed by atoms with van der Waals surface area (Å²) >= 11 is 0. The van der Waals surface area contributed by atoms with Gasteiger partial charge in [-0.05, 0) is 20.9 Å². The van der Waals surface area contributed by atoms with Gasteiger partial charge in [-0.1, -0.05) is 0 Å². The molecule has 6 nitrogen and oxygen atoms in total. The molecule has 0 spiro atoms. The van der Waals surface area contributed by atoms with Crippen molar-refractivity contribution in [2.24, 2.45) is 5.41 Å². The van der Waals surface area contributed by atoms with Crippen LogP contribution < -0.4 is 15.3 Å². The molecule has 0 aromatic carbocycles. The molecule has 1 unspecified atom stereocenters. The van der Waals surface area contributed by atoms with E-state index < -0.39 is 17.9 Å². The first-order valence-electron chi connectivity index (χ1n) is 7.21. The predicted molar refractivity (Wildman–Crippen MR) is 74.1 cm³/mol. The molecule has 2 N–H and O–H groups in total. The Morgan fingerprint density at radius 2 is 1.90 bits per heavy atom. The Morgan fingerprint density at radius 3 is 2.40 bits per heavy atom. The van der Waals surface area contributed by atoms with Gasteiger partial charge in [0, 0.05) is 25.9 Å². The average Bonchev–Trinajstić information content (AvgIpc) is 2.35. The summed E-state index contributed by atoms with van der Waals surface area (Å²) in [6.07, 6.45) is 2.28. The standard InChI is InChI=1S/C14H27N3O3/c1-14(2,13(20)15-9-12(18)19)10-17(4)11-5-7-16(3)8-6-11/h11H,5-10H2,1-4H3,(H,15,20)(H,18,19). The average molecular weight is 285 g/mol. The molecule has 0 saturated carbocycles. The number of piperidine rings is 1. The Labute approximate surface area is 121 Å². The van der Waals surface area contributed by atoms with Crippen LogP contribution in [-0.2, 0) is 9.59 Å². The minimum atomic E-state index is -1.26. The lowest BCUT2D eigenvalue weighted by atomic mass is 9.90. The zero-order chi connectivity index (χ0) is 15.3. The number of amides is 1. The molecule has 1 aliphatic heterocycles. The third-order valence-electron chi connectivity index (χ3n) is 4.14. The Balaban J connectivity index is 2.47. The maximum atomic E-state index is 12.0. The fraction of sp³-hybridized carbons (Fsp3) is 0.857. The highest BCUT2D eigenvalue weighted by atomic mass is 16.4. The van der Waals surface area contributed by atoms with E-state index in [0.29, 0.717) is 12.6 Å². The van der Waals surface area contributed by atoms with E-state index in [2.05, 4.69) is 24.3 Å². The van der Waals surface area contributed by atoms with Crippen molar-refractivity contribution in [2.45, 2.75) is 32.7 Å². The normalized spacial score (nSPS) is 19.6. The SMILES string of the molecule is CN1CCC([NH+](C)CC(C)(C)C(=O)NCC(=O)[O-])CC1. The first kappa shape index (κ1) is 16.9. The van der Waals surface area contributed by atoms with Crippen LogP contribution in [0.25, 0.3) is 0 Å². The minimum Gasteiger partial charge on any atom is -0.548 e. The van der Waals surface area contributed by atoms with Crippen LogP contribution >= 0.6 is 0 Å². The molecule has 1 atom stereocenters. The van der Waals surface area contributed by atoms with E-state index in [-0.39, 0.29) is 5.91 Å². The van der Waals surface area contributed by atoms with E-state index in [9.17, 15) is 14.7 Å². The maximum Gasteiger partial charge on any atom is 0.231 e. The molecule has 1 rings (SSSR count). The van der Waals surface area contributed by atoms with Crippen LogP contribution in [0.3, 0.4) is 0 Å². The van der Waals surface area contributed by atoms with Gasteiger partial charge in [0.25, 0.3) is 0 Å². The molecule has 6 heteroatoms. The largest absolute Gasteiger partial charge is 0.548 e. The topological polar surface area (TPSA) is 76.9 Å². The second-order valence-electron chi connectivity index (χ2n) is 6.54. The molecule has 1 heterocycles.